The Morgan fingerprint density at radius 2 is 1.60 bits per heavy atom. The van der Waals surface area contributed by atoms with Crippen molar-refractivity contribution in [1.29, 1.82) is 0 Å². The highest BCUT2D eigenvalue weighted by Gasteiger charge is 2.24. The van der Waals surface area contributed by atoms with E-state index >= 15 is 0 Å². The smallest absolute Gasteiger partial charge is 0.247 e. The molecule has 2 aliphatic carbocycles. The third-order valence-corrected chi connectivity index (χ3v) is 3.37. The first-order valence-corrected chi connectivity index (χ1v) is 6.92. The van der Waals surface area contributed by atoms with Crippen LogP contribution >= 0.6 is 0 Å². The predicted molar refractivity (Wildman–Crippen MR) is 74.3 cm³/mol. The van der Waals surface area contributed by atoms with E-state index in [1.54, 1.807) is 36.5 Å². The lowest BCUT2D eigenvalue weighted by Gasteiger charge is -2.18. The first-order valence-electron chi connectivity index (χ1n) is 6.92. The van der Waals surface area contributed by atoms with Gasteiger partial charge in [0.1, 0.15) is 0 Å². The van der Waals surface area contributed by atoms with E-state index in [4.69, 9.17) is 0 Å². The van der Waals surface area contributed by atoms with Gasteiger partial charge in [-0.3, -0.25) is 0 Å². The van der Waals surface area contributed by atoms with Crippen LogP contribution in [-0.2, 0) is 19.4 Å². The zero-order valence-electron chi connectivity index (χ0n) is 11.3. The van der Waals surface area contributed by atoms with Crippen LogP contribution in [0.5, 0.6) is 0 Å². The van der Waals surface area contributed by atoms with E-state index in [1.165, 1.54) is 0 Å². The standard InChI is InChI=1S/C16H18O4/c17-15(13-9-5-2-1-3-6-10-13)19-20-16(18)14-11-7-4-8-12-14/h1-3,5-6,9-10,14H,4,7-8,11-12H2/b2-1-,3-1?,5-2?,6-3-,9-5-,10-6?,13-9?,13-10+. The molecule has 1 fully saturated rings. The molecule has 0 saturated heterocycles. The zero-order valence-corrected chi connectivity index (χ0v) is 11.3. The van der Waals surface area contributed by atoms with Crippen molar-refractivity contribution >= 4 is 11.9 Å². The second-order valence-electron chi connectivity index (χ2n) is 4.86. The third kappa shape index (κ3) is 4.23. The number of carbonyl (C=O) groups excluding carboxylic acids is 2. The second kappa shape index (κ2) is 7.48. The molecule has 0 aromatic rings. The van der Waals surface area contributed by atoms with Crippen molar-refractivity contribution < 1.29 is 19.4 Å². The molecule has 2 rings (SSSR count). The maximum atomic E-state index is 11.8. The first kappa shape index (κ1) is 14.3. The van der Waals surface area contributed by atoms with Crippen molar-refractivity contribution in [3.8, 4) is 0 Å². The fourth-order valence-electron chi connectivity index (χ4n) is 2.24. The minimum atomic E-state index is -0.662. The van der Waals surface area contributed by atoms with Crippen molar-refractivity contribution in [2.24, 2.45) is 5.92 Å². The van der Waals surface area contributed by atoms with E-state index in [-0.39, 0.29) is 5.92 Å². The van der Waals surface area contributed by atoms with Crippen LogP contribution in [0.3, 0.4) is 0 Å². The van der Waals surface area contributed by atoms with Gasteiger partial charge < -0.3 is 0 Å². The summed E-state index contributed by atoms with van der Waals surface area (Å²) in [6, 6.07) is 0. The lowest BCUT2D eigenvalue weighted by Crippen LogP contribution is -2.22. The molecular weight excluding hydrogens is 256 g/mol. The van der Waals surface area contributed by atoms with E-state index in [9.17, 15) is 9.59 Å². The molecule has 0 aromatic carbocycles. The van der Waals surface area contributed by atoms with Gasteiger partial charge in [-0.05, 0) is 25.0 Å². The van der Waals surface area contributed by atoms with Crippen LogP contribution in [0.25, 0.3) is 0 Å². The molecule has 0 N–H and O–H groups in total. The van der Waals surface area contributed by atoms with Crippen LogP contribution < -0.4 is 0 Å². The van der Waals surface area contributed by atoms with Crippen molar-refractivity contribution in [2.45, 2.75) is 32.1 Å². The van der Waals surface area contributed by atoms with Gasteiger partial charge in [0, 0.05) is 0 Å². The Labute approximate surface area is 118 Å². The minimum absolute atomic E-state index is 0.138. The molecule has 4 nitrogen and oxygen atoms in total. The minimum Gasteiger partial charge on any atom is -0.247 e. The van der Waals surface area contributed by atoms with E-state index in [0.29, 0.717) is 5.57 Å². The van der Waals surface area contributed by atoms with Crippen LogP contribution in [0.15, 0.2) is 48.1 Å². The fraction of sp³-hybridized carbons (Fsp3) is 0.375. The van der Waals surface area contributed by atoms with Crippen LogP contribution in [0.2, 0.25) is 0 Å². The molecule has 0 spiro atoms. The van der Waals surface area contributed by atoms with Crippen LogP contribution in [0.4, 0.5) is 0 Å². The Balaban J connectivity index is 1.83. The van der Waals surface area contributed by atoms with E-state index in [2.05, 4.69) is 9.78 Å². The van der Waals surface area contributed by atoms with Gasteiger partial charge in [0.25, 0.3) is 0 Å². The summed E-state index contributed by atoms with van der Waals surface area (Å²) in [4.78, 5) is 32.8. The molecule has 0 aromatic heterocycles. The quantitative estimate of drug-likeness (QED) is 0.573. The highest BCUT2D eigenvalue weighted by atomic mass is 17.2. The SMILES string of the molecule is O=C(OOC(=O)C1CCCCC1)C1=C/C=C\C=C/C=C\1. The second-order valence-corrected chi connectivity index (χ2v) is 4.86. The summed E-state index contributed by atoms with van der Waals surface area (Å²) in [6.07, 6.45) is 16.9. The third-order valence-electron chi connectivity index (χ3n) is 3.37. The Bertz CT molecular complexity index is 477. The molecule has 4 heteroatoms. The topological polar surface area (TPSA) is 52.6 Å². The Morgan fingerprint density at radius 3 is 2.40 bits per heavy atom. The zero-order chi connectivity index (χ0) is 14.2. The molecule has 106 valence electrons. The van der Waals surface area contributed by atoms with Gasteiger partial charge in [-0.25, -0.2) is 19.4 Å². The molecule has 0 atom stereocenters. The molecule has 2 aliphatic rings. The number of hydrogen-bond acceptors (Lipinski definition) is 4. The summed E-state index contributed by atoms with van der Waals surface area (Å²) in [5.41, 5.74) is 0.335. The summed E-state index contributed by atoms with van der Waals surface area (Å²) in [6.45, 7) is 0. The van der Waals surface area contributed by atoms with Gasteiger partial charge in [0.15, 0.2) is 0 Å². The summed E-state index contributed by atoms with van der Waals surface area (Å²) in [5, 5.41) is 0. The number of allylic oxidation sites excluding steroid dienone is 6. The maximum absolute atomic E-state index is 11.8. The number of hydrogen-bond donors (Lipinski definition) is 0. The van der Waals surface area contributed by atoms with E-state index < -0.39 is 11.9 Å². The molecule has 20 heavy (non-hydrogen) atoms. The molecular formula is C16H18O4. The normalized spacial score (nSPS) is 26.3. The summed E-state index contributed by atoms with van der Waals surface area (Å²) in [5.74, 6) is -1.24. The number of carbonyl (C=O) groups is 2. The van der Waals surface area contributed by atoms with Crippen LogP contribution in [0, 0.1) is 5.92 Å². The molecule has 0 unspecified atom stereocenters. The molecule has 0 aliphatic heterocycles. The largest absolute Gasteiger partial charge is 0.386 e. The Hall–Kier alpha value is -2.10. The average Bonchev–Trinajstić information content (AvgIpc) is 2.45. The summed E-state index contributed by atoms with van der Waals surface area (Å²) >= 11 is 0. The molecule has 0 bridgehead atoms. The van der Waals surface area contributed by atoms with Gasteiger partial charge in [0.05, 0.1) is 11.5 Å². The van der Waals surface area contributed by atoms with Gasteiger partial charge in [-0.15, -0.1) is 0 Å². The van der Waals surface area contributed by atoms with Crippen LogP contribution in [-0.4, -0.2) is 11.9 Å². The van der Waals surface area contributed by atoms with Gasteiger partial charge in [-0.1, -0.05) is 49.6 Å². The predicted octanol–water partition coefficient (Wildman–Crippen LogP) is 3.18. The van der Waals surface area contributed by atoms with E-state index in [0.717, 1.165) is 32.1 Å². The first-order chi connectivity index (χ1) is 9.77. The van der Waals surface area contributed by atoms with E-state index in [1.807, 2.05) is 6.08 Å². The van der Waals surface area contributed by atoms with Crippen molar-refractivity contribution in [1.82, 2.24) is 0 Å². The van der Waals surface area contributed by atoms with Crippen molar-refractivity contribution in [2.75, 3.05) is 0 Å². The number of rotatable bonds is 2. The molecule has 0 amide bonds. The lowest BCUT2D eigenvalue weighted by molar-refractivity contribution is -0.259. The molecule has 0 radical (unpaired) electrons. The molecule has 1 saturated carbocycles. The Morgan fingerprint density at radius 1 is 0.900 bits per heavy atom. The van der Waals surface area contributed by atoms with Crippen molar-refractivity contribution in [3.63, 3.8) is 0 Å². The summed E-state index contributed by atoms with van der Waals surface area (Å²) < 4.78 is 0. The highest BCUT2D eigenvalue weighted by molar-refractivity contribution is 5.92. The molecule has 0 heterocycles. The average molecular weight is 274 g/mol. The maximum Gasteiger partial charge on any atom is 0.386 e. The summed E-state index contributed by atoms with van der Waals surface area (Å²) in [7, 11) is 0. The van der Waals surface area contributed by atoms with Crippen molar-refractivity contribution in [3.05, 3.63) is 48.1 Å². The van der Waals surface area contributed by atoms with Crippen LogP contribution in [0.1, 0.15) is 32.1 Å². The fourth-order valence-corrected chi connectivity index (χ4v) is 2.24. The lowest BCUT2D eigenvalue weighted by atomic mass is 9.89. The van der Waals surface area contributed by atoms with Gasteiger partial charge in [-0.2, -0.15) is 0 Å². The Kier molecular flexibility index (Phi) is 5.35. The monoisotopic (exact) mass is 274 g/mol. The van der Waals surface area contributed by atoms with Gasteiger partial charge in [0.2, 0.25) is 0 Å². The highest BCUT2D eigenvalue weighted by Crippen LogP contribution is 2.24. The van der Waals surface area contributed by atoms with Gasteiger partial charge >= 0.3 is 11.9 Å².